The van der Waals surface area contributed by atoms with Gasteiger partial charge in [-0.2, -0.15) is 4.31 Å². The maximum absolute atomic E-state index is 12.9. The van der Waals surface area contributed by atoms with E-state index in [0.29, 0.717) is 18.8 Å². The Balaban J connectivity index is 2.38. The normalized spacial score (nSPS) is 14.8. The van der Waals surface area contributed by atoms with Crippen LogP contribution in [0.1, 0.15) is 40.0 Å². The minimum atomic E-state index is -3.65. The van der Waals surface area contributed by atoms with Gasteiger partial charge in [-0.15, -0.1) is 0 Å². The number of carbonyl (C=O) groups excluding carboxylic acids is 2. The first kappa shape index (κ1) is 22.2. The number of benzene rings is 1. The van der Waals surface area contributed by atoms with Crippen molar-refractivity contribution in [3.8, 4) is 0 Å². The number of hydrogen-bond donors (Lipinski definition) is 1. The van der Waals surface area contributed by atoms with Gasteiger partial charge in [-0.05, 0) is 37.5 Å². The Hall–Kier alpha value is -2.13. The zero-order valence-corrected chi connectivity index (χ0v) is 17.5. The van der Waals surface area contributed by atoms with Gasteiger partial charge in [0, 0.05) is 33.1 Å². The highest BCUT2D eigenvalue weighted by Gasteiger charge is 2.24. The first-order chi connectivity index (χ1) is 13.3. The van der Waals surface area contributed by atoms with Crippen LogP contribution in [0.25, 0.3) is 0 Å². The number of ether oxygens (including phenoxy) is 1. The molecule has 1 saturated heterocycles. The van der Waals surface area contributed by atoms with Crippen molar-refractivity contribution in [2.24, 2.45) is 0 Å². The van der Waals surface area contributed by atoms with E-state index in [1.165, 1.54) is 17.3 Å². The Labute approximate surface area is 166 Å². The highest BCUT2D eigenvalue weighted by molar-refractivity contribution is 7.89. The molecule has 2 rings (SSSR count). The third kappa shape index (κ3) is 5.45. The molecule has 9 heteroatoms. The summed E-state index contributed by atoms with van der Waals surface area (Å²) in [6.07, 6.45) is 3.24. The number of esters is 1. The molecule has 0 aliphatic carbocycles. The standard InChI is InChI=1S/C19H29N3O5S/c1-4-22(5-2)28(25,26)16-9-10-18(21-11-7-6-8-12-21)17(13-16)20-19(24)14-27-15(3)23/h9-10,13H,4-8,11-12,14H2,1-3H3,(H,20,24). The van der Waals surface area contributed by atoms with Crippen LogP contribution < -0.4 is 10.2 Å². The van der Waals surface area contributed by atoms with Gasteiger partial charge in [-0.25, -0.2) is 8.42 Å². The fourth-order valence-electron chi connectivity index (χ4n) is 3.25. The van der Waals surface area contributed by atoms with Crippen molar-refractivity contribution < 1.29 is 22.7 Å². The Bertz CT molecular complexity index is 800. The molecule has 8 nitrogen and oxygen atoms in total. The average molecular weight is 412 g/mol. The van der Waals surface area contributed by atoms with Crippen molar-refractivity contribution in [1.82, 2.24) is 4.31 Å². The topological polar surface area (TPSA) is 96.0 Å². The molecule has 156 valence electrons. The van der Waals surface area contributed by atoms with Crippen LogP contribution in [-0.4, -0.2) is 57.4 Å². The zero-order chi connectivity index (χ0) is 20.7. The molecular formula is C19H29N3O5S. The van der Waals surface area contributed by atoms with Crippen LogP contribution in [0.4, 0.5) is 11.4 Å². The van der Waals surface area contributed by atoms with Crippen molar-refractivity contribution in [2.75, 3.05) is 43.0 Å². The summed E-state index contributed by atoms with van der Waals surface area (Å²) in [5.74, 6) is -1.06. The van der Waals surface area contributed by atoms with E-state index in [1.54, 1.807) is 26.0 Å². The second kappa shape index (κ2) is 9.88. The number of sulfonamides is 1. The van der Waals surface area contributed by atoms with Gasteiger partial charge >= 0.3 is 5.97 Å². The minimum absolute atomic E-state index is 0.125. The van der Waals surface area contributed by atoms with E-state index in [0.717, 1.165) is 38.0 Å². The third-order valence-electron chi connectivity index (χ3n) is 4.69. The quantitative estimate of drug-likeness (QED) is 0.659. The first-order valence-electron chi connectivity index (χ1n) is 9.62. The van der Waals surface area contributed by atoms with Crippen LogP contribution in [0.3, 0.4) is 0 Å². The van der Waals surface area contributed by atoms with Crippen LogP contribution in [-0.2, 0) is 24.3 Å². The SMILES string of the molecule is CCN(CC)S(=O)(=O)c1ccc(N2CCCCC2)c(NC(=O)COC(C)=O)c1. The number of carbonyl (C=O) groups is 2. The molecule has 0 radical (unpaired) electrons. The molecule has 1 aromatic carbocycles. The summed E-state index contributed by atoms with van der Waals surface area (Å²) in [6, 6.07) is 4.81. The third-order valence-corrected chi connectivity index (χ3v) is 6.73. The monoisotopic (exact) mass is 411 g/mol. The molecule has 0 saturated carbocycles. The molecule has 28 heavy (non-hydrogen) atoms. The maximum atomic E-state index is 12.9. The summed E-state index contributed by atoms with van der Waals surface area (Å²) in [6.45, 7) is 6.78. The summed E-state index contributed by atoms with van der Waals surface area (Å²) in [5.41, 5.74) is 1.18. The number of piperidine rings is 1. The molecular weight excluding hydrogens is 382 g/mol. The van der Waals surface area contributed by atoms with Crippen LogP contribution in [0, 0.1) is 0 Å². The fraction of sp³-hybridized carbons (Fsp3) is 0.579. The van der Waals surface area contributed by atoms with Gasteiger partial charge in [-0.3, -0.25) is 9.59 Å². The van der Waals surface area contributed by atoms with E-state index in [2.05, 4.69) is 10.2 Å². The van der Waals surface area contributed by atoms with Gasteiger partial charge in [0.05, 0.1) is 16.3 Å². The van der Waals surface area contributed by atoms with Gasteiger partial charge in [0.1, 0.15) is 0 Å². The van der Waals surface area contributed by atoms with Crippen LogP contribution in [0.15, 0.2) is 23.1 Å². The van der Waals surface area contributed by atoms with Gasteiger partial charge in [0.25, 0.3) is 5.91 Å². The van der Waals surface area contributed by atoms with Crippen molar-refractivity contribution in [1.29, 1.82) is 0 Å². The number of rotatable bonds is 8. The molecule has 0 aromatic heterocycles. The van der Waals surface area contributed by atoms with Crippen LogP contribution in [0.5, 0.6) is 0 Å². The van der Waals surface area contributed by atoms with Gasteiger partial charge in [0.2, 0.25) is 10.0 Å². The molecule has 1 fully saturated rings. The van der Waals surface area contributed by atoms with E-state index in [-0.39, 0.29) is 4.90 Å². The summed E-state index contributed by atoms with van der Waals surface area (Å²) in [4.78, 5) is 25.4. The zero-order valence-electron chi connectivity index (χ0n) is 16.7. The number of nitrogens with one attached hydrogen (secondary N) is 1. The summed E-state index contributed by atoms with van der Waals surface area (Å²) >= 11 is 0. The number of nitrogens with zero attached hydrogens (tertiary/aromatic N) is 2. The van der Waals surface area contributed by atoms with Gasteiger partial charge < -0.3 is 15.0 Å². The van der Waals surface area contributed by atoms with Crippen molar-refractivity contribution in [2.45, 2.75) is 44.9 Å². The minimum Gasteiger partial charge on any atom is -0.456 e. The number of amides is 1. The van der Waals surface area contributed by atoms with Crippen molar-refractivity contribution in [3.05, 3.63) is 18.2 Å². The smallest absolute Gasteiger partial charge is 0.303 e. The van der Waals surface area contributed by atoms with Crippen LogP contribution >= 0.6 is 0 Å². The number of anilines is 2. The second-order valence-corrected chi connectivity index (χ2v) is 8.58. The Morgan fingerprint density at radius 3 is 2.36 bits per heavy atom. The second-order valence-electron chi connectivity index (χ2n) is 6.64. The van der Waals surface area contributed by atoms with Gasteiger partial charge in [0.15, 0.2) is 6.61 Å². The lowest BCUT2D eigenvalue weighted by Gasteiger charge is -2.31. The van der Waals surface area contributed by atoms with E-state index in [9.17, 15) is 18.0 Å². The number of hydrogen-bond acceptors (Lipinski definition) is 6. The van der Waals surface area contributed by atoms with E-state index in [4.69, 9.17) is 4.74 Å². The van der Waals surface area contributed by atoms with E-state index in [1.807, 2.05) is 0 Å². The Morgan fingerprint density at radius 1 is 1.14 bits per heavy atom. The highest BCUT2D eigenvalue weighted by atomic mass is 32.2. The highest BCUT2D eigenvalue weighted by Crippen LogP contribution is 2.32. The summed E-state index contributed by atoms with van der Waals surface area (Å²) in [7, 11) is -3.65. The molecule has 1 aliphatic rings. The molecule has 0 atom stereocenters. The predicted octanol–water partition coefficient (Wildman–Crippen LogP) is 2.21. The molecule has 1 amide bonds. The lowest BCUT2D eigenvalue weighted by Crippen LogP contribution is -2.32. The predicted molar refractivity (Wildman–Crippen MR) is 108 cm³/mol. The lowest BCUT2D eigenvalue weighted by molar-refractivity contribution is -0.144. The molecule has 0 spiro atoms. The molecule has 1 N–H and O–H groups in total. The summed E-state index contributed by atoms with van der Waals surface area (Å²) < 4.78 is 31.8. The average Bonchev–Trinajstić information content (AvgIpc) is 2.67. The molecule has 0 unspecified atom stereocenters. The Morgan fingerprint density at radius 2 is 1.79 bits per heavy atom. The lowest BCUT2D eigenvalue weighted by atomic mass is 10.1. The Kier molecular flexibility index (Phi) is 7.82. The van der Waals surface area contributed by atoms with Crippen molar-refractivity contribution in [3.63, 3.8) is 0 Å². The van der Waals surface area contributed by atoms with Crippen molar-refractivity contribution >= 4 is 33.3 Å². The van der Waals surface area contributed by atoms with E-state index >= 15 is 0 Å². The fourth-order valence-corrected chi connectivity index (χ4v) is 4.74. The first-order valence-corrected chi connectivity index (χ1v) is 11.1. The molecule has 0 bridgehead atoms. The van der Waals surface area contributed by atoms with Crippen LogP contribution in [0.2, 0.25) is 0 Å². The summed E-state index contributed by atoms with van der Waals surface area (Å²) in [5, 5.41) is 2.71. The molecule has 1 aliphatic heterocycles. The van der Waals surface area contributed by atoms with Gasteiger partial charge in [-0.1, -0.05) is 13.8 Å². The maximum Gasteiger partial charge on any atom is 0.303 e. The van der Waals surface area contributed by atoms with E-state index < -0.39 is 28.5 Å². The molecule has 1 aromatic rings. The largest absolute Gasteiger partial charge is 0.456 e. The molecule has 1 heterocycles.